The van der Waals surface area contributed by atoms with Gasteiger partial charge in [-0.25, -0.2) is 0 Å². The summed E-state index contributed by atoms with van der Waals surface area (Å²) in [4.78, 5) is 12.1. The van der Waals surface area contributed by atoms with Crippen LogP contribution in [0.5, 0.6) is 5.75 Å². The Hall–Kier alpha value is -2.86. The lowest BCUT2D eigenvalue weighted by Gasteiger charge is -2.03. The van der Waals surface area contributed by atoms with Gasteiger partial charge in [-0.1, -0.05) is 34.9 Å². The normalized spacial score (nSPS) is 10.3. The molecule has 3 rings (SSSR count). The molecule has 1 aromatic heterocycles. The lowest BCUT2D eigenvalue weighted by Crippen LogP contribution is -2.11. The van der Waals surface area contributed by atoms with Gasteiger partial charge in [0.25, 0.3) is 11.8 Å². The molecule has 0 saturated heterocycles. The highest BCUT2D eigenvalue weighted by Crippen LogP contribution is 2.29. The molecule has 0 unspecified atom stereocenters. The van der Waals surface area contributed by atoms with E-state index in [9.17, 15) is 4.79 Å². The molecular weight excluding hydrogens is 318 g/mol. The van der Waals surface area contributed by atoms with Crippen LogP contribution in [0, 0.1) is 0 Å². The number of nitrogens with one attached hydrogen (secondary N) is 1. The summed E-state index contributed by atoms with van der Waals surface area (Å²) in [5.74, 6) is 0.468. The summed E-state index contributed by atoms with van der Waals surface area (Å²) >= 11 is 5.86. The monoisotopic (exact) mass is 329 g/mol. The lowest BCUT2D eigenvalue weighted by molar-refractivity contribution is 0.102. The number of carbonyl (C=O) groups is 1. The highest BCUT2D eigenvalue weighted by molar-refractivity contribution is 6.31. The van der Waals surface area contributed by atoms with Crippen LogP contribution in [0.15, 0.2) is 52.9 Å². The summed E-state index contributed by atoms with van der Waals surface area (Å²) in [5.41, 5.74) is 1.04. The van der Waals surface area contributed by atoms with Gasteiger partial charge >= 0.3 is 6.01 Å². The Morgan fingerprint density at radius 3 is 2.78 bits per heavy atom. The van der Waals surface area contributed by atoms with Crippen molar-refractivity contribution in [2.75, 3.05) is 12.4 Å². The van der Waals surface area contributed by atoms with Crippen LogP contribution in [0.2, 0.25) is 5.02 Å². The van der Waals surface area contributed by atoms with Crippen molar-refractivity contribution >= 4 is 23.5 Å². The highest BCUT2D eigenvalue weighted by atomic mass is 35.5. The number of benzene rings is 2. The van der Waals surface area contributed by atoms with Crippen molar-refractivity contribution in [3.05, 3.63) is 59.1 Å². The number of halogens is 1. The molecule has 1 amide bonds. The van der Waals surface area contributed by atoms with E-state index in [1.165, 1.54) is 0 Å². The number of carbonyl (C=O) groups excluding carboxylic acids is 1. The summed E-state index contributed by atoms with van der Waals surface area (Å²) in [6.45, 7) is 0. The first-order chi connectivity index (χ1) is 11.2. The third-order valence-corrected chi connectivity index (χ3v) is 3.30. The molecule has 2 aromatic carbocycles. The largest absolute Gasteiger partial charge is 0.496 e. The molecule has 0 fully saturated rings. The van der Waals surface area contributed by atoms with Gasteiger partial charge in [0.15, 0.2) is 0 Å². The first-order valence-corrected chi connectivity index (χ1v) is 7.09. The second-order valence-electron chi connectivity index (χ2n) is 4.58. The predicted octanol–water partition coefficient (Wildman–Crippen LogP) is 3.65. The van der Waals surface area contributed by atoms with Crippen LogP contribution in [-0.4, -0.2) is 23.2 Å². The minimum Gasteiger partial charge on any atom is -0.496 e. The van der Waals surface area contributed by atoms with Gasteiger partial charge < -0.3 is 9.15 Å². The Morgan fingerprint density at radius 2 is 2.00 bits per heavy atom. The average Bonchev–Trinajstić information content (AvgIpc) is 3.03. The first kappa shape index (κ1) is 15.1. The molecule has 0 bridgehead atoms. The fourth-order valence-electron chi connectivity index (χ4n) is 2.00. The summed E-state index contributed by atoms with van der Waals surface area (Å²) in [6.07, 6.45) is 0. The molecule has 0 spiro atoms. The topological polar surface area (TPSA) is 77.3 Å². The number of ether oxygens (including phenoxy) is 1. The van der Waals surface area contributed by atoms with Crippen molar-refractivity contribution in [3.8, 4) is 17.2 Å². The van der Waals surface area contributed by atoms with Crippen LogP contribution in [0.3, 0.4) is 0 Å². The summed E-state index contributed by atoms with van der Waals surface area (Å²) in [5, 5.41) is 10.7. The van der Waals surface area contributed by atoms with Gasteiger partial charge in [-0.15, -0.1) is 5.10 Å². The molecule has 3 aromatic rings. The van der Waals surface area contributed by atoms with Gasteiger partial charge in [-0.2, -0.15) is 0 Å². The fourth-order valence-corrected chi connectivity index (χ4v) is 2.19. The number of nitrogens with zero attached hydrogens (tertiary/aromatic N) is 2. The molecule has 7 heteroatoms. The quantitative estimate of drug-likeness (QED) is 0.790. The number of rotatable bonds is 4. The molecule has 6 nitrogen and oxygen atoms in total. The van der Waals surface area contributed by atoms with Crippen molar-refractivity contribution in [1.29, 1.82) is 0 Å². The van der Waals surface area contributed by atoms with E-state index >= 15 is 0 Å². The van der Waals surface area contributed by atoms with Crippen LogP contribution >= 0.6 is 11.6 Å². The smallest absolute Gasteiger partial charge is 0.322 e. The van der Waals surface area contributed by atoms with E-state index in [4.69, 9.17) is 20.8 Å². The third-order valence-electron chi connectivity index (χ3n) is 3.07. The zero-order valence-corrected chi connectivity index (χ0v) is 12.9. The SMILES string of the molecule is COc1ccccc1-c1nnc(NC(=O)c2cccc(Cl)c2)o1. The van der Waals surface area contributed by atoms with Gasteiger partial charge in [0.2, 0.25) is 0 Å². The maximum atomic E-state index is 12.1. The molecule has 0 radical (unpaired) electrons. The van der Waals surface area contributed by atoms with Crippen molar-refractivity contribution in [3.63, 3.8) is 0 Å². The number of para-hydroxylation sites is 1. The molecular formula is C16H12ClN3O3. The standard InChI is InChI=1S/C16H12ClN3O3/c1-22-13-8-3-2-7-12(13)15-19-20-16(23-15)18-14(21)10-5-4-6-11(17)9-10/h2-9H,1H3,(H,18,20,21). The third kappa shape index (κ3) is 3.32. The van der Waals surface area contributed by atoms with Crippen LogP contribution in [-0.2, 0) is 0 Å². The minimum absolute atomic E-state index is 0.00381. The van der Waals surface area contributed by atoms with E-state index in [2.05, 4.69) is 15.5 Å². The molecule has 116 valence electrons. The molecule has 1 heterocycles. The molecule has 0 atom stereocenters. The number of amides is 1. The van der Waals surface area contributed by atoms with E-state index in [-0.39, 0.29) is 17.8 Å². The molecule has 0 aliphatic heterocycles. The Morgan fingerprint density at radius 1 is 1.17 bits per heavy atom. The number of hydrogen-bond acceptors (Lipinski definition) is 5. The van der Waals surface area contributed by atoms with Gasteiger partial charge in [-0.05, 0) is 30.3 Å². The first-order valence-electron chi connectivity index (χ1n) is 6.71. The number of aromatic nitrogens is 2. The zero-order valence-electron chi connectivity index (χ0n) is 12.1. The van der Waals surface area contributed by atoms with Crippen LogP contribution in [0.1, 0.15) is 10.4 Å². The van der Waals surface area contributed by atoms with Gasteiger partial charge in [0, 0.05) is 10.6 Å². The zero-order chi connectivity index (χ0) is 16.2. The minimum atomic E-state index is -0.386. The van der Waals surface area contributed by atoms with Crippen molar-refractivity contribution in [2.45, 2.75) is 0 Å². The average molecular weight is 330 g/mol. The Labute approximate surface area is 137 Å². The van der Waals surface area contributed by atoms with Gasteiger partial charge in [-0.3, -0.25) is 10.1 Å². The van der Waals surface area contributed by atoms with E-state index in [0.717, 1.165) is 0 Å². The molecule has 23 heavy (non-hydrogen) atoms. The van der Waals surface area contributed by atoms with Crippen molar-refractivity contribution in [1.82, 2.24) is 10.2 Å². The van der Waals surface area contributed by atoms with Crippen molar-refractivity contribution in [2.24, 2.45) is 0 Å². The summed E-state index contributed by atoms with van der Waals surface area (Å²) < 4.78 is 10.7. The molecule has 0 saturated carbocycles. The van der Waals surface area contributed by atoms with Crippen LogP contribution in [0.25, 0.3) is 11.5 Å². The second kappa shape index (κ2) is 6.50. The highest BCUT2D eigenvalue weighted by Gasteiger charge is 2.15. The molecule has 1 N–H and O–H groups in total. The van der Waals surface area contributed by atoms with Crippen LogP contribution in [0.4, 0.5) is 6.01 Å². The summed E-state index contributed by atoms with van der Waals surface area (Å²) in [6, 6.07) is 13.8. The van der Waals surface area contributed by atoms with Gasteiger partial charge in [0.05, 0.1) is 12.7 Å². The molecule has 0 aliphatic rings. The maximum Gasteiger partial charge on any atom is 0.322 e. The number of methoxy groups -OCH3 is 1. The lowest BCUT2D eigenvalue weighted by atomic mass is 10.2. The Balaban J connectivity index is 1.81. The Kier molecular flexibility index (Phi) is 4.25. The van der Waals surface area contributed by atoms with Crippen molar-refractivity contribution < 1.29 is 13.9 Å². The van der Waals surface area contributed by atoms with E-state index < -0.39 is 0 Å². The van der Waals surface area contributed by atoms with E-state index in [1.807, 2.05) is 12.1 Å². The van der Waals surface area contributed by atoms with Gasteiger partial charge in [0.1, 0.15) is 5.75 Å². The number of hydrogen-bond donors (Lipinski definition) is 1. The molecule has 0 aliphatic carbocycles. The van der Waals surface area contributed by atoms with Crippen LogP contribution < -0.4 is 10.1 Å². The Bertz CT molecular complexity index is 848. The predicted molar refractivity (Wildman–Crippen MR) is 85.7 cm³/mol. The summed E-state index contributed by atoms with van der Waals surface area (Å²) in [7, 11) is 1.55. The number of anilines is 1. The maximum absolute atomic E-state index is 12.1. The second-order valence-corrected chi connectivity index (χ2v) is 5.01. The fraction of sp³-hybridized carbons (Fsp3) is 0.0625. The van der Waals surface area contributed by atoms with E-state index in [0.29, 0.717) is 21.9 Å². The van der Waals surface area contributed by atoms with E-state index in [1.54, 1.807) is 43.5 Å².